The first-order valence-electron chi connectivity index (χ1n) is 9.77. The lowest BCUT2D eigenvalue weighted by Gasteiger charge is -2.22. The molecule has 1 aliphatic heterocycles. The lowest BCUT2D eigenvalue weighted by atomic mass is 9.98. The molecule has 8 heteroatoms. The molecule has 156 valence electrons. The first kappa shape index (κ1) is 21.6. The molecule has 0 radical (unpaired) electrons. The summed E-state index contributed by atoms with van der Waals surface area (Å²) in [4.78, 5) is 33.5. The van der Waals surface area contributed by atoms with Crippen molar-refractivity contribution in [2.45, 2.75) is 39.2 Å². The summed E-state index contributed by atoms with van der Waals surface area (Å²) in [6.07, 6.45) is 0.731. The van der Waals surface area contributed by atoms with Crippen molar-refractivity contribution in [1.82, 2.24) is 20.1 Å². The molecule has 0 saturated carbocycles. The Balaban J connectivity index is 1.54. The van der Waals surface area contributed by atoms with Crippen molar-refractivity contribution < 1.29 is 9.59 Å². The average molecular weight is 435 g/mol. The Morgan fingerprint density at radius 1 is 1.14 bits per heavy atom. The summed E-state index contributed by atoms with van der Waals surface area (Å²) in [6, 6.07) is 6.94. The van der Waals surface area contributed by atoms with Gasteiger partial charge in [-0.05, 0) is 18.6 Å². The molecule has 0 bridgehead atoms. The van der Waals surface area contributed by atoms with E-state index in [2.05, 4.69) is 31.1 Å². The van der Waals surface area contributed by atoms with Crippen LogP contribution in [0.4, 0.5) is 4.79 Å². The van der Waals surface area contributed by atoms with E-state index in [1.165, 1.54) is 0 Å². The lowest BCUT2D eigenvalue weighted by Crippen LogP contribution is -2.42. The van der Waals surface area contributed by atoms with Crippen LogP contribution in [0.25, 0.3) is 0 Å². The van der Waals surface area contributed by atoms with Crippen molar-refractivity contribution in [1.29, 1.82) is 0 Å². The Morgan fingerprint density at radius 3 is 2.52 bits per heavy atom. The summed E-state index contributed by atoms with van der Waals surface area (Å²) < 4.78 is 0. The van der Waals surface area contributed by atoms with E-state index in [1.807, 2.05) is 5.38 Å². The number of hydrogen-bond acceptors (Lipinski definition) is 4. The van der Waals surface area contributed by atoms with E-state index in [0.717, 1.165) is 17.1 Å². The zero-order chi connectivity index (χ0) is 21.0. The van der Waals surface area contributed by atoms with Gasteiger partial charge < -0.3 is 15.1 Å². The van der Waals surface area contributed by atoms with Crippen LogP contribution in [0.3, 0.4) is 0 Å². The number of urea groups is 1. The molecule has 6 nitrogen and oxygen atoms in total. The van der Waals surface area contributed by atoms with Gasteiger partial charge >= 0.3 is 6.03 Å². The van der Waals surface area contributed by atoms with Crippen LogP contribution in [0.2, 0.25) is 5.02 Å². The van der Waals surface area contributed by atoms with Gasteiger partial charge in [-0.15, -0.1) is 11.3 Å². The van der Waals surface area contributed by atoms with E-state index in [-0.39, 0.29) is 17.4 Å². The van der Waals surface area contributed by atoms with E-state index < -0.39 is 0 Å². The van der Waals surface area contributed by atoms with Crippen LogP contribution in [0.5, 0.6) is 0 Å². The summed E-state index contributed by atoms with van der Waals surface area (Å²) in [5.41, 5.74) is 1.39. The number of carbonyl (C=O) groups is 2. The van der Waals surface area contributed by atoms with Crippen molar-refractivity contribution in [2.24, 2.45) is 0 Å². The first-order valence-corrected chi connectivity index (χ1v) is 11.0. The average Bonchev–Trinajstić information content (AvgIpc) is 3.03. The minimum atomic E-state index is -0.123. The highest BCUT2D eigenvalue weighted by atomic mass is 35.5. The maximum absolute atomic E-state index is 12.8. The molecule has 1 aromatic heterocycles. The Kier molecular flexibility index (Phi) is 6.80. The van der Waals surface area contributed by atoms with Crippen LogP contribution < -0.4 is 5.32 Å². The Morgan fingerprint density at radius 2 is 1.83 bits per heavy atom. The Labute approximate surface area is 180 Å². The predicted molar refractivity (Wildman–Crippen MR) is 117 cm³/mol. The SMILES string of the molecule is CC(C)(C)c1nc(CNC(=O)N2CCCN(C(=O)c3ccccc3Cl)CC2)cs1. The topological polar surface area (TPSA) is 65.5 Å². The highest BCUT2D eigenvalue weighted by molar-refractivity contribution is 7.09. The van der Waals surface area contributed by atoms with Gasteiger partial charge in [0.05, 0.1) is 27.8 Å². The molecular weight excluding hydrogens is 408 g/mol. The molecule has 2 aromatic rings. The Bertz CT molecular complexity index is 878. The smallest absolute Gasteiger partial charge is 0.317 e. The van der Waals surface area contributed by atoms with E-state index in [4.69, 9.17) is 11.6 Å². The van der Waals surface area contributed by atoms with Crippen LogP contribution in [-0.2, 0) is 12.0 Å². The molecule has 2 heterocycles. The highest BCUT2D eigenvalue weighted by Gasteiger charge is 2.24. The minimum absolute atomic E-state index is 0.00928. The van der Waals surface area contributed by atoms with Gasteiger partial charge in [-0.3, -0.25) is 4.79 Å². The van der Waals surface area contributed by atoms with Crippen LogP contribution in [0.15, 0.2) is 29.6 Å². The number of benzene rings is 1. The van der Waals surface area contributed by atoms with Crippen molar-refractivity contribution in [3.05, 3.63) is 50.9 Å². The molecule has 1 aromatic carbocycles. The third kappa shape index (κ3) is 5.48. The third-order valence-corrected chi connectivity index (χ3v) is 6.44. The van der Waals surface area contributed by atoms with Gasteiger partial charge in [-0.2, -0.15) is 0 Å². The number of carbonyl (C=O) groups excluding carboxylic acids is 2. The largest absolute Gasteiger partial charge is 0.337 e. The van der Waals surface area contributed by atoms with Crippen LogP contribution >= 0.6 is 22.9 Å². The van der Waals surface area contributed by atoms with Gasteiger partial charge in [-0.1, -0.05) is 44.5 Å². The minimum Gasteiger partial charge on any atom is -0.337 e. The summed E-state index contributed by atoms with van der Waals surface area (Å²) in [5.74, 6) is -0.0879. The van der Waals surface area contributed by atoms with E-state index in [9.17, 15) is 9.59 Å². The van der Waals surface area contributed by atoms with Gasteiger partial charge in [0.1, 0.15) is 0 Å². The van der Waals surface area contributed by atoms with Crippen LogP contribution in [-0.4, -0.2) is 52.9 Å². The number of rotatable bonds is 3. The standard InChI is InChI=1S/C21H27ClN4O2S/c1-21(2,3)19-24-15(14-29-19)13-23-20(28)26-10-6-9-25(11-12-26)18(27)16-7-4-5-8-17(16)22/h4-5,7-8,14H,6,9-13H2,1-3H3,(H,23,28). The van der Waals surface area contributed by atoms with Crippen LogP contribution in [0, 0.1) is 0 Å². The fraction of sp³-hybridized carbons (Fsp3) is 0.476. The summed E-state index contributed by atoms with van der Waals surface area (Å²) in [7, 11) is 0. The van der Waals surface area contributed by atoms with Crippen LogP contribution in [0.1, 0.15) is 48.3 Å². The molecule has 1 aliphatic rings. The summed E-state index contributed by atoms with van der Waals surface area (Å²) in [5, 5.41) is 6.46. The van der Waals surface area contributed by atoms with Gasteiger partial charge in [0, 0.05) is 37.0 Å². The molecule has 0 spiro atoms. The van der Waals surface area contributed by atoms with Gasteiger partial charge in [-0.25, -0.2) is 9.78 Å². The number of halogens is 1. The lowest BCUT2D eigenvalue weighted by molar-refractivity contribution is 0.0762. The Hall–Kier alpha value is -2.12. The normalized spacial score (nSPS) is 15.2. The second-order valence-electron chi connectivity index (χ2n) is 8.17. The molecule has 29 heavy (non-hydrogen) atoms. The quantitative estimate of drug-likeness (QED) is 0.789. The molecule has 0 aliphatic carbocycles. The van der Waals surface area contributed by atoms with Crippen molar-refractivity contribution in [2.75, 3.05) is 26.2 Å². The second-order valence-corrected chi connectivity index (χ2v) is 9.43. The van der Waals surface area contributed by atoms with E-state index >= 15 is 0 Å². The maximum Gasteiger partial charge on any atom is 0.317 e. The van der Waals surface area contributed by atoms with Crippen molar-refractivity contribution in [3.63, 3.8) is 0 Å². The molecule has 1 saturated heterocycles. The number of thiazole rings is 1. The molecule has 0 atom stereocenters. The van der Waals surface area contributed by atoms with Crippen molar-refractivity contribution >= 4 is 34.9 Å². The maximum atomic E-state index is 12.8. The fourth-order valence-corrected chi connectivity index (χ4v) is 4.26. The molecule has 1 N–H and O–H groups in total. The number of hydrogen-bond donors (Lipinski definition) is 1. The molecule has 0 unspecified atom stereocenters. The number of nitrogens with one attached hydrogen (secondary N) is 1. The summed E-state index contributed by atoms with van der Waals surface area (Å²) >= 11 is 7.78. The third-order valence-electron chi connectivity index (χ3n) is 4.79. The second kappa shape index (κ2) is 9.13. The van der Waals surface area contributed by atoms with Gasteiger partial charge in [0.15, 0.2) is 0 Å². The molecule has 3 rings (SSSR count). The molecular formula is C21H27ClN4O2S. The molecule has 1 fully saturated rings. The monoisotopic (exact) mass is 434 g/mol. The zero-order valence-electron chi connectivity index (χ0n) is 17.1. The van der Waals surface area contributed by atoms with Gasteiger partial charge in [0.25, 0.3) is 5.91 Å². The van der Waals surface area contributed by atoms with Gasteiger partial charge in [0.2, 0.25) is 0 Å². The summed E-state index contributed by atoms with van der Waals surface area (Å²) in [6.45, 7) is 8.99. The predicted octanol–water partition coefficient (Wildman–Crippen LogP) is 4.15. The number of amides is 3. The molecule has 3 amide bonds. The van der Waals surface area contributed by atoms with E-state index in [0.29, 0.717) is 43.3 Å². The van der Waals surface area contributed by atoms with Crippen molar-refractivity contribution in [3.8, 4) is 0 Å². The first-order chi connectivity index (χ1) is 13.8. The number of aromatic nitrogens is 1. The zero-order valence-corrected chi connectivity index (χ0v) is 18.6. The highest BCUT2D eigenvalue weighted by Crippen LogP contribution is 2.25. The van der Waals surface area contributed by atoms with E-state index in [1.54, 1.807) is 45.4 Å². The fourth-order valence-electron chi connectivity index (χ4n) is 3.14. The number of nitrogens with zero attached hydrogens (tertiary/aromatic N) is 3.